The second kappa shape index (κ2) is 9.57. The molecule has 0 saturated carbocycles. The average Bonchev–Trinajstić information content (AvgIpc) is 3.01. The number of urea groups is 1. The van der Waals surface area contributed by atoms with Crippen molar-refractivity contribution in [2.24, 2.45) is 0 Å². The minimum Gasteiger partial charge on any atom is -0.494 e. The minimum atomic E-state index is -0.185. The molecule has 0 bridgehead atoms. The van der Waals surface area contributed by atoms with Gasteiger partial charge in [0.2, 0.25) is 0 Å². The summed E-state index contributed by atoms with van der Waals surface area (Å²) in [6.45, 7) is 9.66. The zero-order valence-corrected chi connectivity index (χ0v) is 18.3. The second-order valence-corrected chi connectivity index (χ2v) is 7.65. The minimum absolute atomic E-state index is 0.185. The Balaban J connectivity index is 1.93. The molecule has 160 valence electrons. The van der Waals surface area contributed by atoms with Gasteiger partial charge in [-0.25, -0.2) is 4.79 Å². The third-order valence-electron chi connectivity index (χ3n) is 5.07. The van der Waals surface area contributed by atoms with Crippen molar-refractivity contribution < 1.29 is 9.53 Å². The maximum absolute atomic E-state index is 12.0. The molecule has 0 fully saturated rings. The van der Waals surface area contributed by atoms with Crippen LogP contribution in [0, 0.1) is 0 Å². The fraction of sp³-hybridized carbons (Fsp3) is 0.375. The van der Waals surface area contributed by atoms with Gasteiger partial charge >= 0.3 is 6.03 Å². The number of unbranched alkanes of at least 4 members (excludes halogenated alkanes) is 1. The first kappa shape index (κ1) is 21.6. The van der Waals surface area contributed by atoms with Crippen molar-refractivity contribution in [1.82, 2.24) is 9.88 Å². The second-order valence-electron chi connectivity index (χ2n) is 7.65. The number of hydrogen-bond donors (Lipinski definition) is 3. The number of rotatable bonds is 8. The summed E-state index contributed by atoms with van der Waals surface area (Å²) in [5.74, 6) is 0.838. The Morgan fingerprint density at radius 1 is 1.13 bits per heavy atom. The van der Waals surface area contributed by atoms with Gasteiger partial charge in [0.1, 0.15) is 5.75 Å². The van der Waals surface area contributed by atoms with Gasteiger partial charge in [0.15, 0.2) is 0 Å². The normalized spacial score (nSPS) is 11.1. The van der Waals surface area contributed by atoms with E-state index in [1.54, 1.807) is 0 Å². The summed E-state index contributed by atoms with van der Waals surface area (Å²) in [5, 5.41) is 6.75. The molecule has 6 nitrogen and oxygen atoms in total. The van der Waals surface area contributed by atoms with Crippen molar-refractivity contribution >= 4 is 28.3 Å². The lowest BCUT2D eigenvalue weighted by molar-refractivity contribution is 0.252. The van der Waals surface area contributed by atoms with Crippen LogP contribution in [0.3, 0.4) is 0 Å². The molecule has 6 heteroatoms. The maximum Gasteiger partial charge on any atom is 0.319 e. The van der Waals surface area contributed by atoms with Gasteiger partial charge in [-0.2, -0.15) is 0 Å². The first-order valence-electron chi connectivity index (χ1n) is 10.7. The van der Waals surface area contributed by atoms with Gasteiger partial charge < -0.3 is 25.7 Å². The maximum atomic E-state index is 12.0. The highest BCUT2D eigenvalue weighted by molar-refractivity contribution is 6.01. The molecule has 3 aromatic rings. The molecule has 0 aliphatic rings. The fourth-order valence-electron chi connectivity index (χ4n) is 3.67. The zero-order chi connectivity index (χ0) is 21.7. The van der Waals surface area contributed by atoms with E-state index in [4.69, 9.17) is 10.5 Å². The van der Waals surface area contributed by atoms with Gasteiger partial charge in [-0.1, -0.05) is 25.5 Å². The van der Waals surface area contributed by atoms with Gasteiger partial charge in [0, 0.05) is 35.3 Å². The highest BCUT2D eigenvalue weighted by Gasteiger charge is 2.19. The van der Waals surface area contributed by atoms with Crippen LogP contribution >= 0.6 is 0 Å². The topological polar surface area (TPSA) is 81.3 Å². The lowest BCUT2D eigenvalue weighted by Crippen LogP contribution is -2.29. The molecule has 1 heterocycles. The SMILES string of the molecule is CCCCNC(=O)Nc1ccc(-c2c(N)c3ccc(OCC)cc3n2C(C)C)cc1. The number of nitrogen functional groups attached to an aromatic ring is 1. The van der Waals surface area contributed by atoms with Crippen LogP contribution in [0.5, 0.6) is 5.75 Å². The third kappa shape index (κ3) is 4.53. The van der Waals surface area contributed by atoms with E-state index in [1.165, 1.54) is 0 Å². The highest BCUT2D eigenvalue weighted by Crippen LogP contribution is 2.40. The van der Waals surface area contributed by atoms with E-state index in [0.29, 0.717) is 13.2 Å². The molecule has 4 N–H and O–H groups in total. The number of benzene rings is 2. The van der Waals surface area contributed by atoms with Crippen LogP contribution in [0.4, 0.5) is 16.2 Å². The molecule has 0 saturated heterocycles. The Hall–Kier alpha value is -3.15. The van der Waals surface area contributed by atoms with Crippen LogP contribution < -0.4 is 21.1 Å². The van der Waals surface area contributed by atoms with Crippen molar-refractivity contribution in [3.05, 3.63) is 42.5 Å². The number of nitrogens with two attached hydrogens (primary N) is 1. The molecule has 0 radical (unpaired) electrons. The Labute approximate surface area is 178 Å². The molecular weight excluding hydrogens is 376 g/mol. The molecule has 0 unspecified atom stereocenters. The number of hydrogen-bond acceptors (Lipinski definition) is 3. The number of ether oxygens (including phenoxy) is 1. The number of fused-ring (bicyclic) bond motifs is 1. The summed E-state index contributed by atoms with van der Waals surface area (Å²) >= 11 is 0. The zero-order valence-electron chi connectivity index (χ0n) is 18.3. The number of amides is 2. The molecule has 0 spiro atoms. The van der Waals surface area contributed by atoms with Gasteiger partial charge in [0.25, 0.3) is 0 Å². The van der Waals surface area contributed by atoms with Crippen LogP contribution in [0.2, 0.25) is 0 Å². The van der Waals surface area contributed by atoms with Crippen molar-refractivity contribution in [2.45, 2.75) is 46.6 Å². The number of aromatic nitrogens is 1. The van der Waals surface area contributed by atoms with E-state index < -0.39 is 0 Å². The number of nitrogens with one attached hydrogen (secondary N) is 2. The van der Waals surface area contributed by atoms with Gasteiger partial charge in [0.05, 0.1) is 23.5 Å². The molecule has 0 aliphatic heterocycles. The van der Waals surface area contributed by atoms with Crippen molar-refractivity contribution in [3.8, 4) is 17.0 Å². The summed E-state index contributed by atoms with van der Waals surface area (Å²) in [6.07, 6.45) is 2.02. The Morgan fingerprint density at radius 2 is 1.87 bits per heavy atom. The van der Waals surface area contributed by atoms with Gasteiger partial charge in [-0.15, -0.1) is 0 Å². The Bertz CT molecular complexity index is 1010. The Morgan fingerprint density at radius 3 is 2.50 bits per heavy atom. The number of carbonyl (C=O) groups excluding carboxylic acids is 1. The number of anilines is 2. The summed E-state index contributed by atoms with van der Waals surface area (Å²) in [4.78, 5) is 12.0. The van der Waals surface area contributed by atoms with E-state index in [2.05, 4.69) is 42.0 Å². The highest BCUT2D eigenvalue weighted by atomic mass is 16.5. The average molecular weight is 409 g/mol. The number of nitrogens with zero attached hydrogens (tertiary/aromatic N) is 1. The quantitative estimate of drug-likeness (QED) is 0.413. The molecule has 2 amide bonds. The van der Waals surface area contributed by atoms with Gasteiger partial charge in [-0.05, 0) is 51.5 Å². The largest absolute Gasteiger partial charge is 0.494 e. The molecule has 1 aromatic heterocycles. The van der Waals surface area contributed by atoms with E-state index in [0.717, 1.165) is 52.1 Å². The Kier molecular flexibility index (Phi) is 6.87. The molecular formula is C24H32N4O2. The number of carbonyl (C=O) groups is 1. The van der Waals surface area contributed by atoms with Crippen molar-refractivity contribution in [1.29, 1.82) is 0 Å². The molecule has 0 atom stereocenters. The predicted molar refractivity (Wildman–Crippen MR) is 125 cm³/mol. The van der Waals surface area contributed by atoms with Crippen LogP contribution in [0.15, 0.2) is 42.5 Å². The lowest BCUT2D eigenvalue weighted by atomic mass is 10.1. The lowest BCUT2D eigenvalue weighted by Gasteiger charge is -2.16. The predicted octanol–water partition coefficient (Wildman–Crippen LogP) is 5.79. The summed E-state index contributed by atoms with van der Waals surface area (Å²) in [5.41, 5.74) is 11.1. The van der Waals surface area contributed by atoms with Crippen LogP contribution in [0.25, 0.3) is 22.2 Å². The standard InChI is InChI=1S/C24H32N4O2/c1-5-7-14-26-24(29)27-18-10-8-17(9-11-18)23-22(25)20-13-12-19(30-6-2)15-21(20)28(23)16(3)4/h8-13,15-16H,5-7,14,25H2,1-4H3,(H2,26,27,29). The van der Waals surface area contributed by atoms with Crippen LogP contribution in [-0.4, -0.2) is 23.7 Å². The smallest absolute Gasteiger partial charge is 0.319 e. The first-order chi connectivity index (χ1) is 14.5. The molecule has 30 heavy (non-hydrogen) atoms. The van der Waals surface area contributed by atoms with E-state index in [9.17, 15) is 4.79 Å². The summed E-state index contributed by atoms with van der Waals surface area (Å²) in [7, 11) is 0. The molecule has 2 aromatic carbocycles. The third-order valence-corrected chi connectivity index (χ3v) is 5.07. The fourth-order valence-corrected chi connectivity index (χ4v) is 3.67. The van der Waals surface area contributed by atoms with E-state index in [1.807, 2.05) is 43.3 Å². The summed E-state index contributed by atoms with van der Waals surface area (Å²) in [6, 6.07) is 13.9. The first-order valence-corrected chi connectivity index (χ1v) is 10.7. The van der Waals surface area contributed by atoms with Crippen molar-refractivity contribution in [3.63, 3.8) is 0 Å². The van der Waals surface area contributed by atoms with E-state index in [-0.39, 0.29) is 12.1 Å². The molecule has 3 rings (SSSR count). The van der Waals surface area contributed by atoms with Crippen LogP contribution in [-0.2, 0) is 0 Å². The van der Waals surface area contributed by atoms with Gasteiger partial charge in [-0.3, -0.25) is 0 Å². The summed E-state index contributed by atoms with van der Waals surface area (Å²) < 4.78 is 7.93. The van der Waals surface area contributed by atoms with Crippen LogP contribution in [0.1, 0.15) is 46.6 Å². The van der Waals surface area contributed by atoms with Crippen molar-refractivity contribution in [2.75, 3.05) is 24.2 Å². The monoisotopic (exact) mass is 408 g/mol. The van der Waals surface area contributed by atoms with E-state index >= 15 is 0 Å². The molecule has 0 aliphatic carbocycles.